The number of aliphatic hydroxyl groups is 1. The minimum Gasteiger partial charge on any atom is -0.486 e. The fourth-order valence-electron chi connectivity index (χ4n) is 2.64. The number of aliphatic hydroxyl groups excluding tert-OH is 1. The van der Waals surface area contributed by atoms with Crippen LogP contribution in [0.4, 0.5) is 0 Å². The first kappa shape index (κ1) is 12.2. The molecule has 0 fully saturated rings. The normalized spacial score (nSPS) is 18.9. The highest BCUT2D eigenvalue weighted by atomic mass is 16.5. The van der Waals surface area contributed by atoms with Crippen molar-refractivity contribution < 1.29 is 9.84 Å². The first-order chi connectivity index (χ1) is 9.24. The number of ether oxygens (including phenoxy) is 1. The maximum absolute atomic E-state index is 9.79. The molecule has 0 saturated heterocycles. The molecule has 2 nitrogen and oxygen atoms in total. The Morgan fingerprint density at radius 1 is 1.16 bits per heavy atom. The van der Waals surface area contributed by atoms with Gasteiger partial charge in [-0.1, -0.05) is 36.4 Å². The van der Waals surface area contributed by atoms with Gasteiger partial charge in [0, 0.05) is 0 Å². The van der Waals surface area contributed by atoms with Crippen LogP contribution >= 0.6 is 0 Å². The van der Waals surface area contributed by atoms with Crippen LogP contribution in [0, 0.1) is 0 Å². The molecule has 0 radical (unpaired) electrons. The summed E-state index contributed by atoms with van der Waals surface area (Å²) in [5, 5.41) is 9.79. The minimum absolute atomic E-state index is 0.0329. The molecule has 98 valence electrons. The molecular weight excluding hydrogens is 236 g/mol. The van der Waals surface area contributed by atoms with Gasteiger partial charge in [-0.2, -0.15) is 0 Å². The Bertz CT molecular complexity index is 563. The van der Waals surface area contributed by atoms with Gasteiger partial charge in [-0.25, -0.2) is 0 Å². The Balaban J connectivity index is 1.77. The van der Waals surface area contributed by atoms with Crippen molar-refractivity contribution in [2.75, 3.05) is 0 Å². The maximum atomic E-state index is 9.79. The van der Waals surface area contributed by atoms with Gasteiger partial charge < -0.3 is 9.84 Å². The summed E-state index contributed by atoms with van der Waals surface area (Å²) in [7, 11) is 0. The van der Waals surface area contributed by atoms with Crippen LogP contribution in [-0.4, -0.2) is 5.11 Å². The number of aryl methyl sites for hydroxylation is 1. The summed E-state index contributed by atoms with van der Waals surface area (Å²) in [5.41, 5.74) is 3.44. The Morgan fingerprint density at radius 3 is 2.74 bits per heavy atom. The molecule has 2 aromatic carbocycles. The Labute approximate surface area is 113 Å². The van der Waals surface area contributed by atoms with Crippen molar-refractivity contribution in [2.24, 2.45) is 0 Å². The molecule has 1 aliphatic rings. The lowest BCUT2D eigenvalue weighted by molar-refractivity contribution is 0.180. The van der Waals surface area contributed by atoms with Gasteiger partial charge in [0.05, 0.1) is 6.10 Å². The van der Waals surface area contributed by atoms with E-state index in [-0.39, 0.29) is 12.2 Å². The van der Waals surface area contributed by atoms with E-state index < -0.39 is 0 Å². The third-order valence-electron chi connectivity index (χ3n) is 3.74. The molecule has 2 atom stereocenters. The lowest BCUT2D eigenvalue weighted by Gasteiger charge is -2.16. The highest BCUT2D eigenvalue weighted by Crippen LogP contribution is 2.34. The number of hydrogen-bond donors (Lipinski definition) is 1. The lowest BCUT2D eigenvalue weighted by atomic mass is 10.1. The number of fused-ring (bicyclic) bond motifs is 1. The number of hydrogen-bond acceptors (Lipinski definition) is 2. The maximum Gasteiger partial charge on any atom is 0.121 e. The van der Waals surface area contributed by atoms with Crippen molar-refractivity contribution in [1.29, 1.82) is 0 Å². The summed E-state index contributed by atoms with van der Waals surface area (Å²) in [6, 6.07) is 16.2. The number of benzene rings is 2. The molecule has 1 N–H and O–H groups in total. The van der Waals surface area contributed by atoms with E-state index in [4.69, 9.17) is 4.74 Å². The van der Waals surface area contributed by atoms with Crippen LogP contribution in [0.2, 0.25) is 0 Å². The van der Waals surface area contributed by atoms with Gasteiger partial charge >= 0.3 is 0 Å². The molecule has 3 rings (SSSR count). The summed E-state index contributed by atoms with van der Waals surface area (Å²) in [6.45, 7) is 2.05. The quantitative estimate of drug-likeness (QED) is 0.902. The van der Waals surface area contributed by atoms with Crippen molar-refractivity contribution in [3.05, 3.63) is 65.2 Å². The molecule has 0 heterocycles. The molecular formula is C17H18O2. The highest BCUT2D eigenvalue weighted by molar-refractivity contribution is 5.40. The van der Waals surface area contributed by atoms with Crippen LogP contribution in [0.1, 0.15) is 42.2 Å². The minimum atomic E-state index is -0.296. The summed E-state index contributed by atoms with van der Waals surface area (Å²) >= 11 is 0. The summed E-state index contributed by atoms with van der Waals surface area (Å²) < 4.78 is 5.98. The van der Waals surface area contributed by atoms with Crippen molar-refractivity contribution in [3.8, 4) is 5.75 Å². The van der Waals surface area contributed by atoms with Gasteiger partial charge in [-0.05, 0) is 48.6 Å². The molecule has 0 aromatic heterocycles. The average Bonchev–Trinajstić information content (AvgIpc) is 2.81. The Morgan fingerprint density at radius 2 is 1.95 bits per heavy atom. The van der Waals surface area contributed by atoms with Crippen LogP contribution in [0.25, 0.3) is 0 Å². The molecule has 1 aliphatic carbocycles. The molecule has 1 unspecified atom stereocenters. The van der Waals surface area contributed by atoms with E-state index in [0.717, 1.165) is 24.2 Å². The molecule has 0 bridgehead atoms. The molecule has 19 heavy (non-hydrogen) atoms. The van der Waals surface area contributed by atoms with Gasteiger partial charge in [-0.3, -0.25) is 0 Å². The van der Waals surface area contributed by atoms with Gasteiger partial charge in [0.25, 0.3) is 0 Å². The second-order valence-electron chi connectivity index (χ2n) is 5.09. The predicted octanol–water partition coefficient (Wildman–Crippen LogP) is 3.81. The molecule has 0 spiro atoms. The van der Waals surface area contributed by atoms with E-state index in [1.54, 1.807) is 0 Å². The zero-order chi connectivity index (χ0) is 13.2. The molecule has 0 saturated carbocycles. The van der Waals surface area contributed by atoms with Crippen LogP contribution in [0.15, 0.2) is 48.5 Å². The average molecular weight is 254 g/mol. The van der Waals surface area contributed by atoms with Crippen molar-refractivity contribution in [1.82, 2.24) is 0 Å². The van der Waals surface area contributed by atoms with Gasteiger partial charge in [-0.15, -0.1) is 0 Å². The zero-order valence-corrected chi connectivity index (χ0v) is 11.0. The van der Waals surface area contributed by atoms with Gasteiger partial charge in [0.15, 0.2) is 0 Å². The SMILES string of the molecule is CC(Oc1ccc2c(c1)CC[C@H]2O)c1ccccc1. The van der Waals surface area contributed by atoms with E-state index in [1.165, 1.54) is 11.1 Å². The van der Waals surface area contributed by atoms with Crippen molar-refractivity contribution >= 4 is 0 Å². The van der Waals surface area contributed by atoms with E-state index in [9.17, 15) is 5.11 Å². The lowest BCUT2D eigenvalue weighted by Crippen LogP contribution is -2.03. The fraction of sp³-hybridized carbons (Fsp3) is 0.294. The van der Waals surface area contributed by atoms with Crippen LogP contribution in [-0.2, 0) is 6.42 Å². The summed E-state index contributed by atoms with van der Waals surface area (Å²) in [6.07, 6.45) is 1.50. The molecule has 0 aliphatic heterocycles. The first-order valence-corrected chi connectivity index (χ1v) is 6.76. The number of rotatable bonds is 3. The summed E-state index contributed by atoms with van der Waals surface area (Å²) in [5.74, 6) is 0.879. The van der Waals surface area contributed by atoms with Gasteiger partial charge in [0.1, 0.15) is 11.9 Å². The molecule has 2 heteroatoms. The zero-order valence-electron chi connectivity index (χ0n) is 11.0. The van der Waals surface area contributed by atoms with Crippen LogP contribution in [0.3, 0.4) is 0 Å². The van der Waals surface area contributed by atoms with E-state index in [1.807, 2.05) is 30.3 Å². The predicted molar refractivity (Wildman–Crippen MR) is 75.2 cm³/mol. The van der Waals surface area contributed by atoms with Crippen LogP contribution in [0.5, 0.6) is 5.75 Å². The highest BCUT2D eigenvalue weighted by Gasteiger charge is 2.20. The van der Waals surface area contributed by atoms with Crippen molar-refractivity contribution in [2.45, 2.75) is 32.0 Å². The van der Waals surface area contributed by atoms with E-state index in [2.05, 4.69) is 25.1 Å². The largest absolute Gasteiger partial charge is 0.486 e. The smallest absolute Gasteiger partial charge is 0.121 e. The Hall–Kier alpha value is -1.80. The monoisotopic (exact) mass is 254 g/mol. The van der Waals surface area contributed by atoms with Crippen molar-refractivity contribution in [3.63, 3.8) is 0 Å². The van der Waals surface area contributed by atoms with Gasteiger partial charge in [0.2, 0.25) is 0 Å². The van der Waals surface area contributed by atoms with Crippen LogP contribution < -0.4 is 4.74 Å². The second kappa shape index (κ2) is 5.06. The molecule has 0 amide bonds. The van der Waals surface area contributed by atoms with E-state index >= 15 is 0 Å². The standard InChI is InChI=1S/C17H18O2/c1-12(13-5-3-2-4-6-13)19-15-8-9-16-14(11-15)7-10-17(16)18/h2-6,8-9,11-12,17-18H,7,10H2,1H3/t12?,17-/m1/s1. The van der Waals surface area contributed by atoms with E-state index in [0.29, 0.717) is 0 Å². The first-order valence-electron chi connectivity index (χ1n) is 6.76. The topological polar surface area (TPSA) is 29.5 Å². The molecule has 2 aromatic rings. The fourth-order valence-corrected chi connectivity index (χ4v) is 2.64. The Kier molecular flexibility index (Phi) is 3.26. The second-order valence-corrected chi connectivity index (χ2v) is 5.09. The third kappa shape index (κ3) is 2.49. The summed E-state index contributed by atoms with van der Waals surface area (Å²) in [4.78, 5) is 0. The third-order valence-corrected chi connectivity index (χ3v) is 3.74.